The van der Waals surface area contributed by atoms with Gasteiger partial charge in [-0.05, 0) is 57.2 Å². The first-order valence-corrected chi connectivity index (χ1v) is 8.80. The van der Waals surface area contributed by atoms with Crippen LogP contribution in [-0.2, 0) is 4.79 Å². The van der Waals surface area contributed by atoms with Gasteiger partial charge in [0.15, 0.2) is 0 Å². The zero-order chi connectivity index (χ0) is 20.2. The summed E-state index contributed by atoms with van der Waals surface area (Å²) in [5, 5.41) is 5.76. The van der Waals surface area contributed by atoms with Crippen molar-refractivity contribution in [3.05, 3.63) is 60.9 Å². The Morgan fingerprint density at radius 3 is 2.15 bits per heavy atom. The number of carbonyl (C=O) groups is 1. The van der Waals surface area contributed by atoms with E-state index in [0.717, 1.165) is 36.4 Å². The molecule has 0 aliphatic heterocycles. The van der Waals surface area contributed by atoms with Crippen LogP contribution in [0.2, 0.25) is 0 Å². The molecule has 0 unspecified atom stereocenters. The van der Waals surface area contributed by atoms with E-state index in [-0.39, 0.29) is 0 Å². The van der Waals surface area contributed by atoms with Crippen molar-refractivity contribution < 1.29 is 9.53 Å². The molecule has 5 nitrogen and oxygen atoms in total. The Balaban J connectivity index is 0. The van der Waals surface area contributed by atoms with Gasteiger partial charge >= 0.3 is 0 Å². The average molecular weight is 362 g/mol. The summed E-state index contributed by atoms with van der Waals surface area (Å²) in [7, 11) is 3.39. The number of amides is 1. The quantitative estimate of drug-likeness (QED) is 0.349. The van der Waals surface area contributed by atoms with E-state index in [1.807, 2.05) is 56.5 Å². The van der Waals surface area contributed by atoms with E-state index in [1.165, 1.54) is 7.05 Å². The number of nitrogens with two attached hydrogens (primary N) is 1. The van der Waals surface area contributed by atoms with Crippen molar-refractivity contribution in [2.75, 3.05) is 19.4 Å². The molecule has 0 saturated carbocycles. The third-order valence-corrected chi connectivity index (χ3v) is 3.29. The van der Waals surface area contributed by atoms with Crippen LogP contribution in [0.5, 0.6) is 5.75 Å². The van der Waals surface area contributed by atoms with Crippen LogP contribution in [0.25, 0.3) is 0 Å². The molecule has 4 N–H and O–H groups in total. The standard InChI is InChI=1S/C14H17NO.C6H13NO.CH5N/c1-4-5-6-7-12(2)16-14-10-8-13(15-3)9-11-14;1-3-6(4-2)7-5-8;1-2/h4-11,15H,1H2,2-3H3;5-6H,3-4H2,1-2H3,(H,7,8);2H2,1H3/b6-5-,12-7+;;. The molecule has 1 amide bonds. The second-order valence-electron chi connectivity index (χ2n) is 5.07. The highest BCUT2D eigenvalue weighted by Gasteiger charge is 1.97. The van der Waals surface area contributed by atoms with E-state index in [4.69, 9.17) is 4.74 Å². The summed E-state index contributed by atoms with van der Waals surface area (Å²) in [6.07, 6.45) is 10.2. The predicted molar refractivity (Wildman–Crippen MR) is 113 cm³/mol. The minimum Gasteiger partial charge on any atom is -0.462 e. The van der Waals surface area contributed by atoms with Gasteiger partial charge in [0, 0.05) is 18.8 Å². The summed E-state index contributed by atoms with van der Waals surface area (Å²) in [5.74, 6) is 1.68. The lowest BCUT2D eigenvalue weighted by molar-refractivity contribution is -0.110. The highest BCUT2D eigenvalue weighted by atomic mass is 16.5. The third-order valence-electron chi connectivity index (χ3n) is 3.29. The van der Waals surface area contributed by atoms with Crippen LogP contribution in [0.15, 0.2) is 60.9 Å². The molecule has 1 rings (SSSR count). The van der Waals surface area contributed by atoms with Crippen molar-refractivity contribution in [2.24, 2.45) is 5.73 Å². The number of carbonyl (C=O) groups excluding carboxylic acids is 1. The van der Waals surface area contributed by atoms with E-state index >= 15 is 0 Å². The Labute approximate surface area is 159 Å². The molecule has 1 aromatic rings. The molecular weight excluding hydrogens is 326 g/mol. The molecule has 0 spiro atoms. The van der Waals surface area contributed by atoms with Gasteiger partial charge in [0.05, 0.1) is 0 Å². The van der Waals surface area contributed by atoms with Crippen molar-refractivity contribution in [3.8, 4) is 5.75 Å². The molecule has 1 aromatic carbocycles. The first-order valence-electron chi connectivity index (χ1n) is 8.80. The van der Waals surface area contributed by atoms with Crippen LogP contribution in [0.1, 0.15) is 33.6 Å². The fraction of sp³-hybridized carbons (Fsp3) is 0.381. The third kappa shape index (κ3) is 13.9. The van der Waals surface area contributed by atoms with Crippen molar-refractivity contribution in [1.29, 1.82) is 0 Å². The van der Waals surface area contributed by atoms with Gasteiger partial charge in [-0.1, -0.05) is 38.7 Å². The second-order valence-corrected chi connectivity index (χ2v) is 5.07. The molecule has 0 aromatic heterocycles. The van der Waals surface area contributed by atoms with Crippen molar-refractivity contribution >= 4 is 12.1 Å². The van der Waals surface area contributed by atoms with Gasteiger partial charge in [-0.3, -0.25) is 4.79 Å². The zero-order valence-electron chi connectivity index (χ0n) is 16.8. The molecule has 0 aliphatic carbocycles. The van der Waals surface area contributed by atoms with Crippen molar-refractivity contribution in [3.63, 3.8) is 0 Å². The number of anilines is 1. The normalized spacial score (nSPS) is 10.2. The van der Waals surface area contributed by atoms with Gasteiger partial charge in [0.25, 0.3) is 0 Å². The Morgan fingerprint density at radius 2 is 1.77 bits per heavy atom. The molecule has 5 heteroatoms. The highest BCUT2D eigenvalue weighted by molar-refractivity contribution is 5.46. The molecule has 0 atom stereocenters. The molecule has 0 heterocycles. The second kappa shape index (κ2) is 18.8. The number of benzene rings is 1. The number of rotatable bonds is 9. The van der Waals surface area contributed by atoms with E-state index in [0.29, 0.717) is 6.04 Å². The lowest BCUT2D eigenvalue weighted by Crippen LogP contribution is -2.25. The van der Waals surface area contributed by atoms with Gasteiger partial charge in [-0.25, -0.2) is 0 Å². The molecular formula is C21H35N3O2. The maximum absolute atomic E-state index is 9.82. The topological polar surface area (TPSA) is 76.4 Å². The minimum absolute atomic E-state index is 0.382. The van der Waals surface area contributed by atoms with E-state index in [1.54, 1.807) is 6.08 Å². The number of hydrogen-bond donors (Lipinski definition) is 3. The Hall–Kier alpha value is -2.53. The first-order chi connectivity index (χ1) is 12.6. The summed E-state index contributed by atoms with van der Waals surface area (Å²) in [6.45, 7) is 9.63. The number of ether oxygens (including phenoxy) is 1. The summed E-state index contributed by atoms with van der Waals surface area (Å²) >= 11 is 0. The van der Waals surface area contributed by atoms with Crippen molar-refractivity contribution in [1.82, 2.24) is 5.32 Å². The smallest absolute Gasteiger partial charge is 0.207 e. The van der Waals surface area contributed by atoms with E-state index in [9.17, 15) is 4.79 Å². The van der Waals surface area contributed by atoms with Crippen LogP contribution in [0.4, 0.5) is 5.69 Å². The Bertz CT molecular complexity index is 519. The lowest BCUT2D eigenvalue weighted by Gasteiger charge is -2.08. The lowest BCUT2D eigenvalue weighted by atomic mass is 10.2. The molecule has 0 fully saturated rings. The molecule has 26 heavy (non-hydrogen) atoms. The minimum atomic E-state index is 0.382. The fourth-order valence-electron chi connectivity index (χ4n) is 1.80. The molecule has 0 bridgehead atoms. The van der Waals surface area contributed by atoms with Gasteiger partial charge < -0.3 is 21.1 Å². The predicted octanol–water partition coefficient (Wildman–Crippen LogP) is 4.25. The Kier molecular flexibility index (Phi) is 18.6. The molecule has 0 radical (unpaired) electrons. The van der Waals surface area contributed by atoms with Crippen LogP contribution in [-0.4, -0.2) is 26.5 Å². The maximum atomic E-state index is 9.82. The van der Waals surface area contributed by atoms with Gasteiger partial charge in [-0.2, -0.15) is 0 Å². The fourth-order valence-corrected chi connectivity index (χ4v) is 1.80. The monoisotopic (exact) mass is 361 g/mol. The van der Waals surface area contributed by atoms with Gasteiger partial charge in [-0.15, -0.1) is 0 Å². The van der Waals surface area contributed by atoms with E-state index < -0.39 is 0 Å². The summed E-state index contributed by atoms with van der Waals surface area (Å²) in [5.41, 5.74) is 5.57. The number of allylic oxidation sites excluding steroid dienone is 5. The SMILES string of the molecule is C=C/C=C\C=C(/C)Oc1ccc(NC)cc1.CCC(CC)NC=O.CN. The van der Waals surface area contributed by atoms with Crippen molar-refractivity contribution in [2.45, 2.75) is 39.7 Å². The highest BCUT2D eigenvalue weighted by Crippen LogP contribution is 2.17. The molecule has 0 saturated heterocycles. The van der Waals surface area contributed by atoms with Gasteiger partial charge in [0.2, 0.25) is 6.41 Å². The summed E-state index contributed by atoms with van der Waals surface area (Å²) in [6, 6.07) is 8.19. The zero-order valence-corrected chi connectivity index (χ0v) is 16.8. The largest absolute Gasteiger partial charge is 0.462 e. The summed E-state index contributed by atoms with van der Waals surface area (Å²) in [4.78, 5) is 9.82. The number of nitrogens with one attached hydrogen (secondary N) is 2. The van der Waals surface area contributed by atoms with Crippen LogP contribution in [0.3, 0.4) is 0 Å². The first kappa shape index (κ1) is 25.7. The number of hydrogen-bond acceptors (Lipinski definition) is 4. The summed E-state index contributed by atoms with van der Waals surface area (Å²) < 4.78 is 5.61. The van der Waals surface area contributed by atoms with Crippen LogP contribution >= 0.6 is 0 Å². The van der Waals surface area contributed by atoms with Gasteiger partial charge in [0.1, 0.15) is 11.5 Å². The molecule has 0 aliphatic rings. The Morgan fingerprint density at radius 1 is 1.19 bits per heavy atom. The van der Waals surface area contributed by atoms with Crippen LogP contribution < -0.4 is 21.1 Å². The molecule has 146 valence electrons. The van der Waals surface area contributed by atoms with Crippen LogP contribution in [0, 0.1) is 0 Å². The average Bonchev–Trinajstić information content (AvgIpc) is 2.69. The maximum Gasteiger partial charge on any atom is 0.207 e. The van der Waals surface area contributed by atoms with E-state index in [2.05, 4.69) is 36.8 Å².